The minimum Gasteiger partial charge on any atom is -0.399 e. The monoisotopic (exact) mass is 278 g/mol. The Bertz CT molecular complexity index is 422. The Morgan fingerprint density at radius 1 is 1.35 bits per heavy atom. The van der Waals surface area contributed by atoms with E-state index >= 15 is 0 Å². The molecule has 0 aliphatic carbocycles. The molecule has 0 saturated carbocycles. The van der Waals surface area contributed by atoms with E-state index in [-0.39, 0.29) is 28.8 Å². The highest BCUT2D eigenvalue weighted by Gasteiger charge is 2.17. The third-order valence-corrected chi connectivity index (χ3v) is 2.87. The van der Waals surface area contributed by atoms with E-state index in [1.165, 1.54) is 12.1 Å². The summed E-state index contributed by atoms with van der Waals surface area (Å²) in [7, 11) is 0. The van der Waals surface area contributed by atoms with Gasteiger partial charge in [-0.15, -0.1) is 0 Å². The van der Waals surface area contributed by atoms with Crippen LogP contribution in [-0.2, 0) is 0 Å². The van der Waals surface area contributed by atoms with Gasteiger partial charge in [-0.25, -0.2) is 0 Å². The summed E-state index contributed by atoms with van der Waals surface area (Å²) in [6.07, 6.45) is 0. The molecule has 5 N–H and O–H groups in total. The van der Waals surface area contributed by atoms with Crippen molar-refractivity contribution in [2.75, 3.05) is 18.9 Å². The van der Waals surface area contributed by atoms with E-state index in [4.69, 9.17) is 39.1 Å². The van der Waals surface area contributed by atoms with Gasteiger partial charge in [0, 0.05) is 5.69 Å². The van der Waals surface area contributed by atoms with Crippen LogP contribution in [0.1, 0.15) is 10.4 Å². The van der Waals surface area contributed by atoms with Crippen LogP contribution in [0.4, 0.5) is 5.69 Å². The van der Waals surface area contributed by atoms with Crippen LogP contribution in [0.2, 0.25) is 10.0 Å². The second kappa shape index (κ2) is 6.07. The van der Waals surface area contributed by atoms with Crippen molar-refractivity contribution < 1.29 is 15.0 Å². The number of nitrogens with one attached hydrogen (secondary N) is 1. The number of anilines is 1. The second-order valence-corrected chi connectivity index (χ2v) is 4.18. The highest BCUT2D eigenvalue weighted by Crippen LogP contribution is 2.28. The zero-order chi connectivity index (χ0) is 13.0. The summed E-state index contributed by atoms with van der Waals surface area (Å²) in [5, 5.41) is 20.3. The SMILES string of the molecule is Nc1cc(Cl)c(Cl)c(C(=O)NC(CO)CO)c1. The molecule has 1 amide bonds. The largest absolute Gasteiger partial charge is 0.399 e. The average molecular weight is 279 g/mol. The molecule has 1 rings (SSSR count). The molecule has 0 aromatic heterocycles. The van der Waals surface area contributed by atoms with E-state index in [0.717, 1.165) is 0 Å². The van der Waals surface area contributed by atoms with Crippen LogP contribution in [-0.4, -0.2) is 35.4 Å². The zero-order valence-corrected chi connectivity index (χ0v) is 10.3. The first-order valence-electron chi connectivity index (χ1n) is 4.76. The minimum atomic E-state index is -0.751. The van der Waals surface area contributed by atoms with E-state index in [1.54, 1.807) is 0 Å². The Morgan fingerprint density at radius 3 is 2.47 bits per heavy atom. The first-order chi connectivity index (χ1) is 7.99. The number of rotatable bonds is 4. The number of nitrogen functional groups attached to an aromatic ring is 1. The predicted octanol–water partition coefficient (Wildman–Crippen LogP) is 0.659. The molecule has 0 saturated heterocycles. The van der Waals surface area contributed by atoms with E-state index in [1.807, 2.05) is 0 Å². The van der Waals surface area contributed by atoms with Crippen molar-refractivity contribution in [2.24, 2.45) is 0 Å². The number of aliphatic hydroxyl groups is 2. The van der Waals surface area contributed by atoms with Gasteiger partial charge >= 0.3 is 0 Å². The van der Waals surface area contributed by atoms with E-state index < -0.39 is 11.9 Å². The maximum absolute atomic E-state index is 11.8. The Labute approximate surface area is 108 Å². The van der Waals surface area contributed by atoms with Crippen molar-refractivity contribution in [1.82, 2.24) is 5.32 Å². The van der Waals surface area contributed by atoms with Crippen molar-refractivity contribution in [3.05, 3.63) is 27.7 Å². The molecule has 0 spiro atoms. The van der Waals surface area contributed by atoms with Gasteiger partial charge in [0.2, 0.25) is 0 Å². The fourth-order valence-corrected chi connectivity index (χ4v) is 1.61. The van der Waals surface area contributed by atoms with E-state index in [9.17, 15) is 4.79 Å². The number of amides is 1. The lowest BCUT2D eigenvalue weighted by Crippen LogP contribution is -2.40. The highest BCUT2D eigenvalue weighted by molar-refractivity contribution is 6.44. The highest BCUT2D eigenvalue weighted by atomic mass is 35.5. The summed E-state index contributed by atoms with van der Waals surface area (Å²) in [4.78, 5) is 11.8. The summed E-state index contributed by atoms with van der Waals surface area (Å²) in [6, 6.07) is 2.05. The molecule has 5 nitrogen and oxygen atoms in total. The molecular weight excluding hydrogens is 267 g/mol. The lowest BCUT2D eigenvalue weighted by Gasteiger charge is -2.14. The van der Waals surface area contributed by atoms with Gasteiger partial charge in [-0.3, -0.25) is 4.79 Å². The van der Waals surface area contributed by atoms with Gasteiger partial charge in [0.1, 0.15) is 0 Å². The van der Waals surface area contributed by atoms with Crippen LogP contribution in [0.15, 0.2) is 12.1 Å². The molecule has 0 aliphatic heterocycles. The standard InChI is InChI=1S/C10H12Cl2N2O3/c11-8-2-5(13)1-7(9(8)12)10(17)14-6(3-15)4-16/h1-2,6,15-16H,3-4,13H2,(H,14,17). The zero-order valence-electron chi connectivity index (χ0n) is 8.78. The number of aliphatic hydroxyl groups excluding tert-OH is 2. The summed E-state index contributed by atoms with van der Waals surface area (Å²) < 4.78 is 0. The molecule has 0 heterocycles. The molecule has 0 radical (unpaired) electrons. The van der Waals surface area contributed by atoms with Crippen molar-refractivity contribution in [3.63, 3.8) is 0 Å². The van der Waals surface area contributed by atoms with Crippen molar-refractivity contribution in [2.45, 2.75) is 6.04 Å². The van der Waals surface area contributed by atoms with Crippen molar-refractivity contribution >= 4 is 34.8 Å². The van der Waals surface area contributed by atoms with Crippen LogP contribution in [0, 0.1) is 0 Å². The molecule has 0 aliphatic rings. The van der Waals surface area contributed by atoms with Crippen LogP contribution in [0.5, 0.6) is 0 Å². The lowest BCUT2D eigenvalue weighted by atomic mass is 10.1. The van der Waals surface area contributed by atoms with Gasteiger partial charge in [0.15, 0.2) is 0 Å². The smallest absolute Gasteiger partial charge is 0.253 e. The Kier molecular flexibility index (Phi) is 5.02. The van der Waals surface area contributed by atoms with E-state index in [0.29, 0.717) is 5.69 Å². The maximum Gasteiger partial charge on any atom is 0.253 e. The molecule has 0 atom stereocenters. The van der Waals surface area contributed by atoms with Gasteiger partial charge in [-0.1, -0.05) is 23.2 Å². The van der Waals surface area contributed by atoms with E-state index in [2.05, 4.69) is 5.32 Å². The lowest BCUT2D eigenvalue weighted by molar-refractivity contribution is 0.0879. The summed E-state index contributed by atoms with van der Waals surface area (Å²) in [6.45, 7) is -0.758. The Hall–Kier alpha value is -1.01. The number of nitrogens with two attached hydrogens (primary N) is 1. The Morgan fingerprint density at radius 2 is 1.94 bits per heavy atom. The fraction of sp³-hybridized carbons (Fsp3) is 0.300. The van der Waals surface area contributed by atoms with Crippen LogP contribution in [0.3, 0.4) is 0 Å². The number of hydrogen-bond donors (Lipinski definition) is 4. The first-order valence-corrected chi connectivity index (χ1v) is 5.52. The average Bonchev–Trinajstić information content (AvgIpc) is 2.30. The topological polar surface area (TPSA) is 95.6 Å². The van der Waals surface area contributed by atoms with Crippen molar-refractivity contribution in [3.8, 4) is 0 Å². The first kappa shape index (κ1) is 14.1. The van der Waals surface area contributed by atoms with Crippen LogP contribution >= 0.6 is 23.2 Å². The van der Waals surface area contributed by atoms with Gasteiger partial charge < -0.3 is 21.3 Å². The number of halogens is 2. The van der Waals surface area contributed by atoms with Gasteiger partial charge in [-0.05, 0) is 12.1 Å². The second-order valence-electron chi connectivity index (χ2n) is 3.40. The quantitative estimate of drug-likeness (QED) is 0.609. The number of hydrogen-bond acceptors (Lipinski definition) is 4. The molecule has 7 heteroatoms. The number of carbonyl (C=O) groups excluding carboxylic acids is 1. The summed E-state index contributed by atoms with van der Waals surface area (Å²) in [5.74, 6) is -0.558. The van der Waals surface area contributed by atoms with Gasteiger partial charge in [0.25, 0.3) is 5.91 Å². The van der Waals surface area contributed by atoms with Gasteiger partial charge in [-0.2, -0.15) is 0 Å². The molecule has 0 fully saturated rings. The molecule has 94 valence electrons. The third kappa shape index (κ3) is 3.47. The van der Waals surface area contributed by atoms with Crippen LogP contribution in [0.25, 0.3) is 0 Å². The molecule has 17 heavy (non-hydrogen) atoms. The molecule has 1 aromatic rings. The maximum atomic E-state index is 11.8. The van der Waals surface area contributed by atoms with Gasteiger partial charge in [0.05, 0.1) is 34.9 Å². The summed E-state index contributed by atoms with van der Waals surface area (Å²) >= 11 is 11.6. The number of carbonyl (C=O) groups is 1. The molecule has 1 aromatic carbocycles. The number of benzene rings is 1. The third-order valence-electron chi connectivity index (χ3n) is 2.07. The minimum absolute atomic E-state index is 0.0768. The normalized spacial score (nSPS) is 10.6. The molecular formula is C10H12Cl2N2O3. The van der Waals surface area contributed by atoms with Crippen molar-refractivity contribution in [1.29, 1.82) is 0 Å². The van der Waals surface area contributed by atoms with Crippen LogP contribution < -0.4 is 11.1 Å². The summed E-state index contributed by atoms with van der Waals surface area (Å²) in [5.41, 5.74) is 5.94. The predicted molar refractivity (Wildman–Crippen MR) is 66.3 cm³/mol. The molecule has 0 bridgehead atoms. The molecule has 0 unspecified atom stereocenters. The Balaban J connectivity index is 2.96. The fourth-order valence-electron chi connectivity index (χ4n) is 1.19.